The van der Waals surface area contributed by atoms with E-state index in [0.29, 0.717) is 31.5 Å². The lowest BCUT2D eigenvalue weighted by atomic mass is 9.95. The van der Waals surface area contributed by atoms with Gasteiger partial charge in [-0.1, -0.05) is 0 Å². The number of aliphatic hydroxyl groups is 1. The zero-order chi connectivity index (χ0) is 14.7. The van der Waals surface area contributed by atoms with Gasteiger partial charge in [0.05, 0.1) is 11.5 Å². The molecule has 0 atom stereocenters. The van der Waals surface area contributed by atoms with Crippen molar-refractivity contribution < 1.29 is 14.8 Å². The molecule has 20 heavy (non-hydrogen) atoms. The van der Waals surface area contributed by atoms with Crippen LogP contribution in [0.25, 0.3) is 0 Å². The molecular formula is C13H17N3O4. The van der Waals surface area contributed by atoms with Crippen LogP contribution in [-0.2, 0) is 11.4 Å². The number of benzene rings is 1. The molecule has 1 fully saturated rings. The summed E-state index contributed by atoms with van der Waals surface area (Å²) in [5.41, 5.74) is 6.55. The largest absolute Gasteiger partial charge is 0.392 e. The Labute approximate surface area is 116 Å². The van der Waals surface area contributed by atoms with Crippen LogP contribution in [-0.4, -0.2) is 29.0 Å². The molecule has 2 rings (SSSR count). The Balaban J connectivity index is 2.17. The zero-order valence-corrected chi connectivity index (χ0v) is 11.0. The highest BCUT2D eigenvalue weighted by molar-refractivity contribution is 5.77. The van der Waals surface area contributed by atoms with E-state index in [2.05, 4.69) is 0 Å². The minimum Gasteiger partial charge on any atom is -0.392 e. The Bertz CT molecular complexity index is 524. The van der Waals surface area contributed by atoms with Crippen molar-refractivity contribution in [2.24, 2.45) is 11.7 Å². The highest BCUT2D eigenvalue weighted by atomic mass is 16.6. The molecule has 0 radical (unpaired) electrons. The monoisotopic (exact) mass is 279 g/mol. The summed E-state index contributed by atoms with van der Waals surface area (Å²) in [5, 5.41) is 20.1. The van der Waals surface area contributed by atoms with Crippen molar-refractivity contribution in [2.75, 3.05) is 18.0 Å². The number of nitro groups is 1. The van der Waals surface area contributed by atoms with Gasteiger partial charge in [0.1, 0.15) is 0 Å². The molecule has 0 saturated carbocycles. The lowest BCUT2D eigenvalue weighted by Crippen LogP contribution is -2.38. The minimum absolute atomic E-state index is 0.0372. The first-order valence-electron chi connectivity index (χ1n) is 6.45. The molecule has 1 aliphatic heterocycles. The molecular weight excluding hydrogens is 262 g/mol. The van der Waals surface area contributed by atoms with Crippen molar-refractivity contribution in [3.63, 3.8) is 0 Å². The number of rotatable bonds is 4. The number of hydrogen-bond acceptors (Lipinski definition) is 5. The van der Waals surface area contributed by atoms with Crippen LogP contribution in [0, 0.1) is 16.0 Å². The molecule has 1 aromatic carbocycles. The Kier molecular flexibility index (Phi) is 4.19. The smallest absolute Gasteiger partial charge is 0.269 e. The molecule has 3 N–H and O–H groups in total. The number of carbonyl (C=O) groups is 1. The number of primary amides is 1. The Morgan fingerprint density at radius 3 is 2.60 bits per heavy atom. The number of carbonyl (C=O) groups excluding carboxylic acids is 1. The van der Waals surface area contributed by atoms with E-state index in [1.165, 1.54) is 12.1 Å². The van der Waals surface area contributed by atoms with E-state index < -0.39 is 4.92 Å². The van der Waals surface area contributed by atoms with Gasteiger partial charge >= 0.3 is 0 Å². The lowest BCUT2D eigenvalue weighted by molar-refractivity contribution is -0.384. The second kappa shape index (κ2) is 5.87. The third-order valence-corrected chi connectivity index (χ3v) is 3.68. The Morgan fingerprint density at radius 1 is 1.45 bits per heavy atom. The van der Waals surface area contributed by atoms with E-state index in [4.69, 9.17) is 5.73 Å². The van der Waals surface area contributed by atoms with Crippen LogP contribution in [0.5, 0.6) is 0 Å². The van der Waals surface area contributed by atoms with E-state index in [-0.39, 0.29) is 24.1 Å². The molecule has 1 amide bonds. The fraction of sp³-hybridized carbons (Fsp3) is 0.462. The summed E-state index contributed by atoms with van der Waals surface area (Å²) in [5.74, 6) is -0.391. The van der Waals surface area contributed by atoms with Crippen molar-refractivity contribution in [1.29, 1.82) is 0 Å². The van der Waals surface area contributed by atoms with Gasteiger partial charge in [-0.25, -0.2) is 0 Å². The van der Waals surface area contributed by atoms with E-state index in [1.54, 1.807) is 6.07 Å². The van der Waals surface area contributed by atoms with Gasteiger partial charge in [0.25, 0.3) is 5.69 Å². The predicted octanol–water partition coefficient (Wildman–Crippen LogP) is 0.789. The molecule has 1 heterocycles. The van der Waals surface area contributed by atoms with Gasteiger partial charge < -0.3 is 15.7 Å². The fourth-order valence-corrected chi connectivity index (χ4v) is 2.53. The molecule has 7 heteroatoms. The van der Waals surface area contributed by atoms with Gasteiger partial charge in [-0.15, -0.1) is 0 Å². The standard InChI is InChI=1S/C13H17N3O4/c14-13(18)9-3-5-15(6-4-9)12-2-1-11(16(19)20)7-10(12)8-17/h1-2,7,9,17H,3-6,8H2,(H2,14,18). The first-order chi connectivity index (χ1) is 9.52. The Morgan fingerprint density at radius 2 is 2.10 bits per heavy atom. The van der Waals surface area contributed by atoms with Gasteiger partial charge in [0, 0.05) is 42.4 Å². The van der Waals surface area contributed by atoms with Crippen LogP contribution in [0.1, 0.15) is 18.4 Å². The van der Waals surface area contributed by atoms with Crippen LogP contribution >= 0.6 is 0 Å². The minimum atomic E-state index is -0.484. The van der Waals surface area contributed by atoms with E-state index in [0.717, 1.165) is 5.69 Å². The number of aliphatic hydroxyl groups excluding tert-OH is 1. The number of amides is 1. The van der Waals surface area contributed by atoms with Crippen molar-refractivity contribution in [3.05, 3.63) is 33.9 Å². The molecule has 0 aliphatic carbocycles. The van der Waals surface area contributed by atoms with Gasteiger partial charge in [0.15, 0.2) is 0 Å². The number of hydrogen-bond donors (Lipinski definition) is 2. The van der Waals surface area contributed by atoms with Crippen LogP contribution in [0.2, 0.25) is 0 Å². The van der Waals surface area contributed by atoms with E-state index in [9.17, 15) is 20.0 Å². The molecule has 108 valence electrons. The normalized spacial score (nSPS) is 16.1. The number of nitrogens with two attached hydrogens (primary N) is 1. The van der Waals surface area contributed by atoms with E-state index in [1.807, 2.05) is 4.90 Å². The quantitative estimate of drug-likeness (QED) is 0.625. The van der Waals surface area contributed by atoms with Gasteiger partial charge in [-0.3, -0.25) is 14.9 Å². The third-order valence-electron chi connectivity index (χ3n) is 3.68. The van der Waals surface area contributed by atoms with Crippen LogP contribution in [0.4, 0.5) is 11.4 Å². The topological polar surface area (TPSA) is 110 Å². The SMILES string of the molecule is NC(=O)C1CCN(c2ccc([N+](=O)[O-])cc2CO)CC1. The van der Waals surface area contributed by atoms with Crippen molar-refractivity contribution in [1.82, 2.24) is 0 Å². The zero-order valence-electron chi connectivity index (χ0n) is 11.0. The molecule has 7 nitrogen and oxygen atoms in total. The summed E-state index contributed by atoms with van der Waals surface area (Å²) in [7, 11) is 0. The number of anilines is 1. The van der Waals surface area contributed by atoms with Crippen molar-refractivity contribution >= 4 is 17.3 Å². The summed E-state index contributed by atoms with van der Waals surface area (Å²) in [6.07, 6.45) is 1.33. The summed E-state index contributed by atoms with van der Waals surface area (Å²) in [6, 6.07) is 4.46. The molecule has 1 saturated heterocycles. The highest BCUT2D eigenvalue weighted by Crippen LogP contribution is 2.29. The predicted molar refractivity (Wildman–Crippen MR) is 73.2 cm³/mol. The summed E-state index contributed by atoms with van der Waals surface area (Å²) >= 11 is 0. The van der Waals surface area contributed by atoms with Crippen molar-refractivity contribution in [3.8, 4) is 0 Å². The third kappa shape index (κ3) is 2.88. The maximum atomic E-state index is 11.1. The number of non-ortho nitro benzene ring substituents is 1. The number of nitro benzene ring substituents is 1. The number of nitrogens with zero attached hydrogens (tertiary/aromatic N) is 2. The lowest BCUT2D eigenvalue weighted by Gasteiger charge is -2.33. The van der Waals surface area contributed by atoms with Crippen molar-refractivity contribution in [2.45, 2.75) is 19.4 Å². The van der Waals surface area contributed by atoms with Crippen LogP contribution < -0.4 is 10.6 Å². The van der Waals surface area contributed by atoms with Gasteiger partial charge in [-0.2, -0.15) is 0 Å². The molecule has 1 aromatic rings. The highest BCUT2D eigenvalue weighted by Gasteiger charge is 2.24. The van der Waals surface area contributed by atoms with E-state index >= 15 is 0 Å². The second-order valence-electron chi connectivity index (χ2n) is 4.89. The fourth-order valence-electron chi connectivity index (χ4n) is 2.53. The average Bonchev–Trinajstić information content (AvgIpc) is 2.46. The first kappa shape index (κ1) is 14.3. The number of piperidine rings is 1. The van der Waals surface area contributed by atoms with Gasteiger partial charge in [-0.05, 0) is 18.9 Å². The molecule has 0 bridgehead atoms. The molecule has 1 aliphatic rings. The summed E-state index contributed by atoms with van der Waals surface area (Å²) in [6.45, 7) is 1.05. The molecule has 0 aromatic heterocycles. The van der Waals surface area contributed by atoms with Crippen LogP contribution in [0.3, 0.4) is 0 Å². The maximum absolute atomic E-state index is 11.1. The molecule has 0 unspecified atom stereocenters. The average molecular weight is 279 g/mol. The Hall–Kier alpha value is -2.15. The van der Waals surface area contributed by atoms with Gasteiger partial charge in [0.2, 0.25) is 5.91 Å². The summed E-state index contributed by atoms with van der Waals surface area (Å²) < 4.78 is 0. The maximum Gasteiger partial charge on any atom is 0.269 e. The first-order valence-corrected chi connectivity index (χ1v) is 6.45. The second-order valence-corrected chi connectivity index (χ2v) is 4.89. The summed E-state index contributed by atoms with van der Waals surface area (Å²) in [4.78, 5) is 23.4. The molecule has 0 spiro atoms. The van der Waals surface area contributed by atoms with Crippen LogP contribution in [0.15, 0.2) is 18.2 Å².